The van der Waals surface area contributed by atoms with Crippen molar-refractivity contribution < 1.29 is 57.5 Å². The van der Waals surface area contributed by atoms with Gasteiger partial charge in [-0.05, 0) is 0 Å². The minimum atomic E-state index is -1.77. The molecule has 0 N–H and O–H groups in total. The van der Waals surface area contributed by atoms with E-state index < -0.39 is 24.3 Å². The number of hydrogen-bond acceptors (Lipinski definition) is 4. The number of piperazine rings is 1. The van der Waals surface area contributed by atoms with Crippen molar-refractivity contribution in [2.75, 3.05) is 14.1 Å². The Morgan fingerprint density at radius 2 is 1.14 bits per heavy atom. The Kier molecular flexibility index (Phi) is 6.85. The maximum absolute atomic E-state index is 10.9. The van der Waals surface area contributed by atoms with Crippen molar-refractivity contribution in [3.05, 3.63) is 0 Å². The summed E-state index contributed by atoms with van der Waals surface area (Å²) in [6, 6.07) is 0. The van der Waals surface area contributed by atoms with Crippen LogP contribution in [0.3, 0.4) is 0 Å². The van der Waals surface area contributed by atoms with Crippen LogP contribution < -0.4 is 47.9 Å². The van der Waals surface area contributed by atoms with Crippen molar-refractivity contribution >= 4 is 11.8 Å². The molecule has 2 amide bonds. The third-order valence-electron chi connectivity index (χ3n) is 1.82. The summed E-state index contributed by atoms with van der Waals surface area (Å²) in [5.41, 5.74) is 0. The van der Waals surface area contributed by atoms with E-state index in [1.165, 1.54) is 0 Å². The molecule has 0 aromatic carbocycles. The molecule has 0 bridgehead atoms. The maximum atomic E-state index is 10.9. The van der Waals surface area contributed by atoms with Crippen molar-refractivity contribution in [1.29, 1.82) is 0 Å². The van der Waals surface area contributed by atoms with E-state index >= 15 is 0 Å². The normalized spacial score (nSPS) is 26.9. The standard InChI is InChI=1S/C6H8N2O4.2Li/c1-7-3(9)5(11)8(2)6(12)4(7)10;;/h3,6H,1-2H3;;/q-2;2*+1. The summed E-state index contributed by atoms with van der Waals surface area (Å²) in [6.45, 7) is 0. The van der Waals surface area contributed by atoms with Gasteiger partial charge in [0, 0.05) is 26.6 Å². The number of nitrogens with zero attached hydrogens (tertiary/aromatic N) is 2. The second-order valence-corrected chi connectivity index (χ2v) is 2.60. The summed E-state index contributed by atoms with van der Waals surface area (Å²) >= 11 is 0. The zero-order valence-electron chi connectivity index (χ0n) is 8.68. The van der Waals surface area contributed by atoms with E-state index in [0.717, 1.165) is 14.1 Å². The molecule has 1 aliphatic heterocycles. The average Bonchev–Trinajstić information content (AvgIpc) is 2.08. The molecule has 0 saturated carbocycles. The number of amides is 2. The SMILES string of the molecule is CN1C(=O)C([O-])N(C)C(=O)C1[O-].[Li+].[Li+]. The van der Waals surface area contributed by atoms with Crippen molar-refractivity contribution in [2.45, 2.75) is 12.5 Å². The van der Waals surface area contributed by atoms with Crippen LogP contribution in [0.15, 0.2) is 0 Å². The summed E-state index contributed by atoms with van der Waals surface area (Å²) in [7, 11) is 2.30. The second-order valence-electron chi connectivity index (χ2n) is 2.60. The van der Waals surface area contributed by atoms with Gasteiger partial charge in [-0.2, -0.15) is 0 Å². The number of likely N-dealkylation sites (N-methyl/N-ethyl adjacent to an activating group) is 2. The predicted molar refractivity (Wildman–Crippen MR) is 33.1 cm³/mol. The fourth-order valence-corrected chi connectivity index (χ4v) is 0.911. The fourth-order valence-electron chi connectivity index (χ4n) is 0.911. The van der Waals surface area contributed by atoms with E-state index in [0.29, 0.717) is 9.80 Å². The van der Waals surface area contributed by atoms with Crippen LogP contribution in [0.2, 0.25) is 0 Å². The first-order chi connectivity index (χ1) is 5.46. The van der Waals surface area contributed by atoms with Gasteiger partial charge in [0.2, 0.25) is 11.8 Å². The van der Waals surface area contributed by atoms with Gasteiger partial charge in [0.25, 0.3) is 0 Å². The van der Waals surface area contributed by atoms with Crippen LogP contribution >= 0.6 is 0 Å². The van der Waals surface area contributed by atoms with E-state index in [4.69, 9.17) is 0 Å². The largest absolute Gasteiger partial charge is 1.00 e. The first-order valence-corrected chi connectivity index (χ1v) is 3.32. The van der Waals surface area contributed by atoms with E-state index in [1.54, 1.807) is 0 Å². The predicted octanol–water partition coefficient (Wildman–Crippen LogP) is -9.70. The fraction of sp³-hybridized carbons (Fsp3) is 0.667. The van der Waals surface area contributed by atoms with Crippen molar-refractivity contribution in [2.24, 2.45) is 0 Å². The van der Waals surface area contributed by atoms with Crippen LogP contribution in [-0.2, 0) is 9.59 Å². The van der Waals surface area contributed by atoms with E-state index in [-0.39, 0.29) is 37.7 Å². The molecule has 2 unspecified atom stereocenters. The molecule has 14 heavy (non-hydrogen) atoms. The Hall–Kier alpha value is 0.0548. The molecule has 0 aliphatic carbocycles. The average molecular weight is 186 g/mol. The molecule has 2 atom stereocenters. The molecule has 1 saturated heterocycles. The van der Waals surface area contributed by atoms with Gasteiger partial charge in [-0.1, -0.05) is 0 Å². The van der Waals surface area contributed by atoms with Crippen LogP contribution in [0.5, 0.6) is 0 Å². The van der Waals surface area contributed by atoms with Gasteiger partial charge in [-0.15, -0.1) is 0 Å². The Morgan fingerprint density at radius 1 is 0.929 bits per heavy atom. The maximum Gasteiger partial charge on any atom is 1.00 e. The van der Waals surface area contributed by atoms with E-state index in [2.05, 4.69) is 0 Å². The zero-order valence-corrected chi connectivity index (χ0v) is 8.68. The quantitative estimate of drug-likeness (QED) is 0.351. The summed E-state index contributed by atoms with van der Waals surface area (Å²) in [6.07, 6.45) is -3.54. The topological polar surface area (TPSA) is 86.7 Å². The molecule has 6 nitrogen and oxygen atoms in total. The first-order valence-electron chi connectivity index (χ1n) is 3.32. The number of hydrogen-bond donors (Lipinski definition) is 0. The summed E-state index contributed by atoms with van der Waals surface area (Å²) in [5.74, 6) is -1.73. The molecule has 1 aliphatic rings. The van der Waals surface area contributed by atoms with Gasteiger partial charge in [0.15, 0.2) is 0 Å². The van der Waals surface area contributed by atoms with Gasteiger partial charge in [-0.25, -0.2) is 0 Å². The monoisotopic (exact) mass is 186 g/mol. The van der Waals surface area contributed by atoms with Crippen LogP contribution in [0, 0.1) is 0 Å². The molecular formula is C6H8Li2N2O4. The first kappa shape index (κ1) is 16.5. The van der Waals surface area contributed by atoms with Crippen LogP contribution in [0.25, 0.3) is 0 Å². The Labute approximate surface area is 106 Å². The molecule has 0 radical (unpaired) electrons. The minimum Gasteiger partial charge on any atom is -0.829 e. The van der Waals surface area contributed by atoms with Crippen LogP contribution in [0.4, 0.5) is 0 Å². The molecule has 0 aromatic rings. The summed E-state index contributed by atoms with van der Waals surface area (Å²) in [4.78, 5) is 23.1. The second kappa shape index (κ2) is 5.82. The smallest absolute Gasteiger partial charge is 0.829 e. The summed E-state index contributed by atoms with van der Waals surface area (Å²) < 4.78 is 0. The Morgan fingerprint density at radius 3 is 1.36 bits per heavy atom. The third kappa shape index (κ3) is 2.55. The van der Waals surface area contributed by atoms with Crippen molar-refractivity contribution in [3.63, 3.8) is 0 Å². The van der Waals surface area contributed by atoms with Gasteiger partial charge in [0.05, 0.1) is 0 Å². The number of carbonyl (C=O) groups is 2. The van der Waals surface area contributed by atoms with Crippen LogP contribution in [-0.4, -0.2) is 48.2 Å². The van der Waals surface area contributed by atoms with Gasteiger partial charge < -0.3 is 20.0 Å². The molecule has 0 spiro atoms. The van der Waals surface area contributed by atoms with E-state index in [9.17, 15) is 19.8 Å². The molecule has 1 fully saturated rings. The molecular weight excluding hydrogens is 178 g/mol. The molecule has 8 heteroatoms. The molecule has 1 rings (SSSR count). The Balaban J connectivity index is 0. The molecule has 1 heterocycles. The van der Waals surface area contributed by atoms with Gasteiger partial charge in [-0.3, -0.25) is 9.59 Å². The van der Waals surface area contributed by atoms with Crippen LogP contribution in [0.1, 0.15) is 0 Å². The van der Waals surface area contributed by atoms with Gasteiger partial charge in [0.1, 0.15) is 0 Å². The van der Waals surface area contributed by atoms with Crippen molar-refractivity contribution in [3.8, 4) is 0 Å². The van der Waals surface area contributed by atoms with Gasteiger partial charge >= 0.3 is 37.7 Å². The van der Waals surface area contributed by atoms with E-state index in [1.807, 2.05) is 0 Å². The third-order valence-corrected chi connectivity index (χ3v) is 1.82. The zero-order chi connectivity index (χ0) is 9.46. The molecule has 0 aromatic heterocycles. The summed E-state index contributed by atoms with van der Waals surface area (Å²) in [5, 5.41) is 21.9. The van der Waals surface area contributed by atoms with Crippen molar-refractivity contribution in [1.82, 2.24) is 9.80 Å². The number of rotatable bonds is 0. The Bertz CT molecular complexity index is 194. The minimum absolute atomic E-state index is 0. The molecule has 68 valence electrons. The number of carbonyl (C=O) groups excluding carboxylic acids is 2.